The fourth-order valence-electron chi connectivity index (χ4n) is 1.84. The SMILES string of the molecule is O=C1CC2CCNC2CN1. The third-order valence-electron chi connectivity index (χ3n) is 2.46. The van der Waals surface area contributed by atoms with E-state index in [1.54, 1.807) is 0 Å². The van der Waals surface area contributed by atoms with Gasteiger partial charge in [0.15, 0.2) is 0 Å². The van der Waals surface area contributed by atoms with Crippen LogP contribution in [0, 0.1) is 5.92 Å². The number of piperidine rings is 1. The van der Waals surface area contributed by atoms with Gasteiger partial charge in [-0.3, -0.25) is 4.79 Å². The van der Waals surface area contributed by atoms with Crippen LogP contribution in [0.1, 0.15) is 12.8 Å². The molecule has 0 bridgehead atoms. The molecule has 3 heteroatoms. The highest BCUT2D eigenvalue weighted by Gasteiger charge is 2.32. The van der Waals surface area contributed by atoms with E-state index < -0.39 is 0 Å². The summed E-state index contributed by atoms with van der Waals surface area (Å²) in [6, 6.07) is 0.567. The molecule has 0 radical (unpaired) electrons. The molecule has 2 heterocycles. The fraction of sp³-hybridized carbons (Fsp3) is 0.857. The van der Waals surface area contributed by atoms with E-state index in [9.17, 15) is 4.79 Å². The van der Waals surface area contributed by atoms with Gasteiger partial charge in [-0.2, -0.15) is 0 Å². The van der Waals surface area contributed by atoms with E-state index in [0.29, 0.717) is 12.0 Å². The zero-order chi connectivity index (χ0) is 6.97. The van der Waals surface area contributed by atoms with Gasteiger partial charge in [0.2, 0.25) is 5.91 Å². The van der Waals surface area contributed by atoms with Crippen LogP contribution in [0.4, 0.5) is 0 Å². The van der Waals surface area contributed by atoms with Crippen molar-refractivity contribution in [3.63, 3.8) is 0 Å². The summed E-state index contributed by atoms with van der Waals surface area (Å²) in [7, 11) is 0. The summed E-state index contributed by atoms with van der Waals surface area (Å²) in [5.74, 6) is 0.846. The Balaban J connectivity index is 2.03. The van der Waals surface area contributed by atoms with E-state index in [1.165, 1.54) is 6.42 Å². The molecule has 0 aromatic heterocycles. The lowest BCUT2D eigenvalue weighted by Crippen LogP contribution is -2.46. The number of amides is 1. The molecule has 0 saturated carbocycles. The van der Waals surface area contributed by atoms with E-state index in [1.807, 2.05) is 0 Å². The Hall–Kier alpha value is -0.570. The largest absolute Gasteiger partial charge is 0.355 e. The zero-order valence-electron chi connectivity index (χ0n) is 5.89. The van der Waals surface area contributed by atoms with Gasteiger partial charge in [-0.05, 0) is 18.9 Å². The maximum Gasteiger partial charge on any atom is 0.220 e. The lowest BCUT2D eigenvalue weighted by molar-refractivity contribution is -0.123. The number of nitrogens with one attached hydrogen (secondary N) is 2. The van der Waals surface area contributed by atoms with Gasteiger partial charge in [-0.25, -0.2) is 0 Å². The molecule has 2 aliphatic heterocycles. The highest BCUT2D eigenvalue weighted by Crippen LogP contribution is 2.21. The first kappa shape index (κ1) is 6.16. The Labute approximate surface area is 60.2 Å². The van der Waals surface area contributed by atoms with Gasteiger partial charge in [-0.1, -0.05) is 0 Å². The first-order valence-electron chi connectivity index (χ1n) is 3.86. The average molecular weight is 140 g/mol. The van der Waals surface area contributed by atoms with Gasteiger partial charge in [0.1, 0.15) is 0 Å². The van der Waals surface area contributed by atoms with Gasteiger partial charge in [0, 0.05) is 19.0 Å². The minimum Gasteiger partial charge on any atom is -0.355 e. The third-order valence-corrected chi connectivity index (χ3v) is 2.46. The second kappa shape index (κ2) is 2.23. The van der Waals surface area contributed by atoms with Crippen molar-refractivity contribution in [2.24, 2.45) is 5.92 Å². The van der Waals surface area contributed by atoms with E-state index in [-0.39, 0.29) is 5.91 Å². The predicted octanol–water partition coefficient (Wildman–Crippen LogP) is -0.516. The van der Waals surface area contributed by atoms with E-state index in [0.717, 1.165) is 19.5 Å². The molecule has 0 spiro atoms. The third kappa shape index (κ3) is 0.904. The van der Waals surface area contributed by atoms with Crippen LogP contribution in [0.15, 0.2) is 0 Å². The second-order valence-corrected chi connectivity index (χ2v) is 3.12. The van der Waals surface area contributed by atoms with Crippen molar-refractivity contribution in [2.45, 2.75) is 18.9 Å². The summed E-state index contributed by atoms with van der Waals surface area (Å²) < 4.78 is 0. The molecular formula is C7H12N2O. The van der Waals surface area contributed by atoms with Crippen molar-refractivity contribution in [1.82, 2.24) is 10.6 Å². The second-order valence-electron chi connectivity index (χ2n) is 3.12. The van der Waals surface area contributed by atoms with Crippen molar-refractivity contribution >= 4 is 5.91 Å². The Morgan fingerprint density at radius 1 is 1.50 bits per heavy atom. The maximum atomic E-state index is 10.9. The Bertz CT molecular complexity index is 158. The topological polar surface area (TPSA) is 41.1 Å². The predicted molar refractivity (Wildman–Crippen MR) is 37.5 cm³/mol. The molecule has 0 aliphatic carbocycles. The smallest absolute Gasteiger partial charge is 0.220 e. The molecule has 2 saturated heterocycles. The lowest BCUT2D eigenvalue weighted by Gasteiger charge is -2.24. The standard InChI is InChI=1S/C7H12N2O/c10-7-3-5-1-2-8-6(5)4-9-7/h5-6,8H,1-4H2,(H,9,10). The molecule has 0 aromatic rings. The lowest BCUT2D eigenvalue weighted by atomic mass is 9.93. The Kier molecular flexibility index (Phi) is 1.38. The molecule has 2 unspecified atom stereocenters. The highest BCUT2D eigenvalue weighted by molar-refractivity contribution is 5.77. The highest BCUT2D eigenvalue weighted by atomic mass is 16.1. The number of rotatable bonds is 0. The molecular weight excluding hydrogens is 128 g/mol. The summed E-state index contributed by atoms with van der Waals surface area (Å²) in [6.07, 6.45) is 1.91. The van der Waals surface area contributed by atoms with Crippen LogP contribution in [0.3, 0.4) is 0 Å². The van der Waals surface area contributed by atoms with Gasteiger partial charge < -0.3 is 10.6 Å². The van der Waals surface area contributed by atoms with E-state index in [2.05, 4.69) is 10.6 Å². The van der Waals surface area contributed by atoms with Gasteiger partial charge in [0.25, 0.3) is 0 Å². The van der Waals surface area contributed by atoms with Gasteiger partial charge in [0.05, 0.1) is 0 Å². The van der Waals surface area contributed by atoms with Crippen molar-refractivity contribution in [3.05, 3.63) is 0 Å². The quantitative estimate of drug-likeness (QED) is 0.475. The molecule has 2 fully saturated rings. The number of hydrogen-bond donors (Lipinski definition) is 2. The van der Waals surface area contributed by atoms with Crippen LogP contribution in [0.2, 0.25) is 0 Å². The summed E-state index contributed by atoms with van der Waals surface area (Å²) in [4.78, 5) is 10.9. The number of fused-ring (bicyclic) bond motifs is 1. The normalized spacial score (nSPS) is 39.0. The van der Waals surface area contributed by atoms with Gasteiger partial charge in [-0.15, -0.1) is 0 Å². The summed E-state index contributed by atoms with van der Waals surface area (Å²) >= 11 is 0. The monoisotopic (exact) mass is 140 g/mol. The molecule has 1 amide bonds. The van der Waals surface area contributed by atoms with Crippen molar-refractivity contribution < 1.29 is 4.79 Å². The molecule has 2 atom stereocenters. The fourth-order valence-corrected chi connectivity index (χ4v) is 1.84. The Morgan fingerprint density at radius 2 is 2.40 bits per heavy atom. The summed E-state index contributed by atoms with van der Waals surface area (Å²) in [5.41, 5.74) is 0. The summed E-state index contributed by atoms with van der Waals surface area (Å²) in [6.45, 7) is 1.92. The van der Waals surface area contributed by atoms with Crippen LogP contribution >= 0.6 is 0 Å². The molecule has 2 aliphatic rings. The average Bonchev–Trinajstić information content (AvgIpc) is 2.33. The van der Waals surface area contributed by atoms with Crippen LogP contribution in [0.5, 0.6) is 0 Å². The van der Waals surface area contributed by atoms with E-state index >= 15 is 0 Å². The molecule has 0 aromatic carbocycles. The van der Waals surface area contributed by atoms with Crippen molar-refractivity contribution in [2.75, 3.05) is 13.1 Å². The molecule has 2 rings (SSSR count). The molecule has 2 N–H and O–H groups in total. The minimum atomic E-state index is 0.227. The number of carbonyl (C=O) groups is 1. The van der Waals surface area contributed by atoms with Crippen molar-refractivity contribution in [3.8, 4) is 0 Å². The molecule has 56 valence electrons. The molecule has 3 nitrogen and oxygen atoms in total. The van der Waals surface area contributed by atoms with E-state index in [4.69, 9.17) is 0 Å². The van der Waals surface area contributed by atoms with Crippen LogP contribution < -0.4 is 10.6 Å². The van der Waals surface area contributed by atoms with Gasteiger partial charge >= 0.3 is 0 Å². The van der Waals surface area contributed by atoms with Crippen LogP contribution in [0.25, 0.3) is 0 Å². The first-order chi connectivity index (χ1) is 4.86. The van der Waals surface area contributed by atoms with Crippen LogP contribution in [-0.2, 0) is 4.79 Å². The summed E-state index contributed by atoms with van der Waals surface area (Å²) in [5, 5.41) is 6.22. The maximum absolute atomic E-state index is 10.9. The minimum absolute atomic E-state index is 0.227. The Morgan fingerprint density at radius 3 is 3.30 bits per heavy atom. The van der Waals surface area contributed by atoms with Crippen molar-refractivity contribution in [1.29, 1.82) is 0 Å². The van der Waals surface area contributed by atoms with Crippen LogP contribution in [-0.4, -0.2) is 25.0 Å². The molecule has 10 heavy (non-hydrogen) atoms. The number of carbonyl (C=O) groups excluding carboxylic acids is 1. The number of hydrogen-bond acceptors (Lipinski definition) is 2. The zero-order valence-corrected chi connectivity index (χ0v) is 5.89. The first-order valence-corrected chi connectivity index (χ1v) is 3.86.